The van der Waals surface area contributed by atoms with Crippen LogP contribution < -0.4 is 5.73 Å². The minimum atomic E-state index is -0.579. The molecule has 116 valence electrons. The Morgan fingerprint density at radius 1 is 1.38 bits per heavy atom. The number of nitrogen functional groups attached to an aromatic ring is 1. The molecule has 0 radical (unpaired) electrons. The van der Waals surface area contributed by atoms with Crippen LogP contribution in [-0.4, -0.2) is 39.8 Å². The van der Waals surface area contributed by atoms with E-state index < -0.39 is 5.97 Å². The van der Waals surface area contributed by atoms with Crippen LogP contribution in [0, 0.1) is 6.92 Å². The maximum Gasteiger partial charge on any atom is 0.343 e. The number of piperidine rings is 1. The van der Waals surface area contributed by atoms with Crippen molar-refractivity contribution in [2.45, 2.75) is 52.1 Å². The van der Waals surface area contributed by atoms with Crippen molar-refractivity contribution in [3.63, 3.8) is 0 Å². The highest BCUT2D eigenvalue weighted by atomic mass is 32.1. The van der Waals surface area contributed by atoms with Gasteiger partial charge in [0.1, 0.15) is 10.6 Å². The van der Waals surface area contributed by atoms with Crippen molar-refractivity contribution >= 4 is 28.4 Å². The first-order chi connectivity index (χ1) is 9.91. The third-order valence-electron chi connectivity index (χ3n) is 3.90. The number of nitrogens with zero attached hydrogens (tertiary/aromatic N) is 2. The van der Waals surface area contributed by atoms with E-state index in [0.717, 1.165) is 30.8 Å². The number of rotatable bonds is 3. The lowest BCUT2D eigenvalue weighted by atomic mass is 9.97. The Labute approximate surface area is 128 Å². The second kappa shape index (κ2) is 6.43. The number of carbonyl (C=O) groups is 2. The molecule has 2 heterocycles. The van der Waals surface area contributed by atoms with Gasteiger partial charge in [0, 0.05) is 12.1 Å². The van der Waals surface area contributed by atoms with Crippen molar-refractivity contribution in [3.8, 4) is 0 Å². The fourth-order valence-electron chi connectivity index (χ4n) is 2.82. The number of esters is 1. The van der Waals surface area contributed by atoms with Crippen LogP contribution in [0.4, 0.5) is 5.00 Å². The van der Waals surface area contributed by atoms with E-state index in [1.807, 2.05) is 18.7 Å². The van der Waals surface area contributed by atoms with Crippen molar-refractivity contribution in [2.75, 3.05) is 12.3 Å². The van der Waals surface area contributed by atoms with Gasteiger partial charge >= 0.3 is 5.97 Å². The number of hydrogen-bond donors (Lipinski definition) is 1. The molecule has 2 rings (SSSR count). The molecule has 0 saturated carbocycles. The second-order valence-electron chi connectivity index (χ2n) is 5.51. The molecule has 2 atom stereocenters. The molecule has 0 spiro atoms. The molecule has 1 aromatic rings. The summed E-state index contributed by atoms with van der Waals surface area (Å²) in [6, 6.07) is 0.379. The lowest BCUT2D eigenvalue weighted by Gasteiger charge is -2.38. The van der Waals surface area contributed by atoms with E-state index in [0.29, 0.717) is 10.7 Å². The maximum atomic E-state index is 12.3. The number of likely N-dealkylation sites (tertiary alicyclic amines) is 1. The van der Waals surface area contributed by atoms with Crippen molar-refractivity contribution in [1.82, 2.24) is 9.27 Å². The van der Waals surface area contributed by atoms with E-state index >= 15 is 0 Å². The molecule has 7 heteroatoms. The average Bonchev–Trinajstić information content (AvgIpc) is 2.75. The Morgan fingerprint density at radius 2 is 2.00 bits per heavy atom. The highest BCUT2D eigenvalue weighted by Crippen LogP contribution is 2.24. The molecule has 1 aromatic heterocycles. The SMILES string of the molecule is Cc1nsc(N)c1C(=O)OCC(=O)N1[C@H](C)CCC[C@@H]1C. The Morgan fingerprint density at radius 3 is 2.52 bits per heavy atom. The van der Waals surface area contributed by atoms with Crippen molar-refractivity contribution in [3.05, 3.63) is 11.3 Å². The lowest BCUT2D eigenvalue weighted by Crippen LogP contribution is -2.49. The third-order valence-corrected chi connectivity index (χ3v) is 4.67. The van der Waals surface area contributed by atoms with E-state index in [2.05, 4.69) is 4.37 Å². The Hall–Kier alpha value is -1.63. The van der Waals surface area contributed by atoms with Crippen molar-refractivity contribution in [2.24, 2.45) is 0 Å². The van der Waals surface area contributed by atoms with Crippen LogP contribution in [0.5, 0.6) is 0 Å². The zero-order chi connectivity index (χ0) is 15.6. The molecular weight excluding hydrogens is 290 g/mol. The summed E-state index contributed by atoms with van der Waals surface area (Å²) in [5.41, 5.74) is 6.50. The summed E-state index contributed by atoms with van der Waals surface area (Å²) in [7, 11) is 0. The van der Waals surface area contributed by atoms with Gasteiger partial charge in [0.05, 0.1) is 5.69 Å². The summed E-state index contributed by atoms with van der Waals surface area (Å²) < 4.78 is 9.12. The first kappa shape index (κ1) is 15.8. The van der Waals surface area contributed by atoms with Crippen LogP contribution >= 0.6 is 11.5 Å². The first-order valence-electron chi connectivity index (χ1n) is 7.11. The quantitative estimate of drug-likeness (QED) is 0.863. The fraction of sp³-hybridized carbons (Fsp3) is 0.643. The Kier molecular flexibility index (Phi) is 4.82. The Balaban J connectivity index is 1.96. The number of aryl methyl sites for hydroxylation is 1. The van der Waals surface area contributed by atoms with Crippen molar-refractivity contribution < 1.29 is 14.3 Å². The van der Waals surface area contributed by atoms with Gasteiger partial charge in [-0.2, -0.15) is 4.37 Å². The smallest absolute Gasteiger partial charge is 0.343 e. The first-order valence-corrected chi connectivity index (χ1v) is 7.89. The molecule has 1 aliphatic heterocycles. The molecule has 1 fully saturated rings. The van der Waals surface area contributed by atoms with Gasteiger partial charge in [-0.1, -0.05) is 0 Å². The lowest BCUT2D eigenvalue weighted by molar-refractivity contribution is -0.140. The molecule has 6 nitrogen and oxygen atoms in total. The monoisotopic (exact) mass is 311 g/mol. The number of aromatic nitrogens is 1. The zero-order valence-corrected chi connectivity index (χ0v) is 13.4. The minimum absolute atomic E-state index is 0.150. The van der Waals surface area contributed by atoms with Crippen LogP contribution in [0.3, 0.4) is 0 Å². The highest BCUT2D eigenvalue weighted by molar-refractivity contribution is 7.10. The highest BCUT2D eigenvalue weighted by Gasteiger charge is 2.29. The minimum Gasteiger partial charge on any atom is -0.452 e. The van der Waals surface area contributed by atoms with Gasteiger partial charge in [0.2, 0.25) is 0 Å². The standard InChI is InChI=1S/C14H21N3O3S/c1-8-5-4-6-9(2)17(8)11(18)7-20-14(19)12-10(3)16-21-13(12)15/h8-9H,4-7,15H2,1-3H3/t8-,9+. The van der Waals surface area contributed by atoms with Crippen LogP contribution in [-0.2, 0) is 9.53 Å². The summed E-state index contributed by atoms with van der Waals surface area (Å²) in [5.74, 6) is -0.730. The predicted molar refractivity (Wildman–Crippen MR) is 81.2 cm³/mol. The molecule has 21 heavy (non-hydrogen) atoms. The van der Waals surface area contributed by atoms with E-state index in [9.17, 15) is 9.59 Å². The van der Waals surface area contributed by atoms with E-state index in [-0.39, 0.29) is 30.2 Å². The molecule has 1 aliphatic rings. The molecule has 0 unspecified atom stereocenters. The summed E-state index contributed by atoms with van der Waals surface area (Å²) in [6.45, 7) is 5.50. The second-order valence-corrected chi connectivity index (χ2v) is 6.32. The Bertz CT molecular complexity index is 514. The molecule has 0 aromatic carbocycles. The van der Waals surface area contributed by atoms with E-state index in [1.165, 1.54) is 0 Å². The van der Waals surface area contributed by atoms with Gasteiger partial charge in [0.25, 0.3) is 5.91 Å². The normalized spacial score (nSPS) is 22.1. The summed E-state index contributed by atoms with van der Waals surface area (Å²) in [6.07, 6.45) is 3.11. The van der Waals surface area contributed by atoms with Gasteiger partial charge in [-0.25, -0.2) is 4.79 Å². The van der Waals surface area contributed by atoms with Crippen LogP contribution in [0.2, 0.25) is 0 Å². The molecular formula is C14H21N3O3S. The van der Waals surface area contributed by atoms with Gasteiger partial charge in [-0.15, -0.1) is 0 Å². The fourth-order valence-corrected chi connectivity index (χ4v) is 3.47. The van der Waals surface area contributed by atoms with Gasteiger partial charge < -0.3 is 15.4 Å². The number of carbonyl (C=O) groups excluding carboxylic acids is 2. The van der Waals surface area contributed by atoms with Gasteiger partial charge in [0.15, 0.2) is 6.61 Å². The topological polar surface area (TPSA) is 85.5 Å². The number of hydrogen-bond acceptors (Lipinski definition) is 6. The van der Waals surface area contributed by atoms with Crippen LogP contribution in [0.25, 0.3) is 0 Å². The average molecular weight is 311 g/mol. The third kappa shape index (κ3) is 3.34. The number of nitrogens with two attached hydrogens (primary N) is 1. The van der Waals surface area contributed by atoms with E-state index in [1.54, 1.807) is 6.92 Å². The summed E-state index contributed by atoms with van der Waals surface area (Å²) in [5, 5.41) is 0.324. The molecule has 1 saturated heterocycles. The number of anilines is 1. The van der Waals surface area contributed by atoms with Crippen molar-refractivity contribution in [1.29, 1.82) is 0 Å². The van der Waals surface area contributed by atoms with Crippen LogP contribution in [0.1, 0.15) is 49.2 Å². The largest absolute Gasteiger partial charge is 0.452 e. The zero-order valence-electron chi connectivity index (χ0n) is 12.6. The van der Waals surface area contributed by atoms with Gasteiger partial charge in [-0.05, 0) is 51.6 Å². The molecule has 0 bridgehead atoms. The number of amides is 1. The summed E-state index contributed by atoms with van der Waals surface area (Å²) in [4.78, 5) is 26.1. The van der Waals surface area contributed by atoms with E-state index in [4.69, 9.17) is 10.5 Å². The number of ether oxygens (including phenoxy) is 1. The van der Waals surface area contributed by atoms with Crippen LogP contribution in [0.15, 0.2) is 0 Å². The maximum absolute atomic E-state index is 12.3. The summed E-state index contributed by atoms with van der Waals surface area (Å²) >= 11 is 1.05. The molecule has 1 amide bonds. The van der Waals surface area contributed by atoms with Gasteiger partial charge in [-0.3, -0.25) is 4.79 Å². The predicted octanol–water partition coefficient (Wildman–Crippen LogP) is 1.98. The molecule has 2 N–H and O–H groups in total. The molecule has 0 aliphatic carbocycles.